The van der Waals surface area contributed by atoms with Crippen LogP contribution in [0.3, 0.4) is 0 Å². The molecule has 1 N–H and O–H groups in total. The summed E-state index contributed by atoms with van der Waals surface area (Å²) >= 11 is 0. The maximum atomic E-state index is 4.33. The molecular weight excluding hydrogens is 242 g/mol. The highest BCUT2D eigenvalue weighted by Crippen LogP contribution is 2.34. The zero-order valence-corrected chi connectivity index (χ0v) is 12.0. The molecule has 0 bridgehead atoms. The second-order valence-corrected chi connectivity index (χ2v) is 5.41. The van der Waals surface area contributed by atoms with E-state index in [2.05, 4.69) is 74.1 Å². The van der Waals surface area contributed by atoms with Gasteiger partial charge in [-0.25, -0.2) is 0 Å². The molecule has 0 saturated carbocycles. The number of nitrogens with one attached hydrogen (secondary N) is 1. The van der Waals surface area contributed by atoms with Crippen molar-refractivity contribution in [2.45, 2.75) is 19.8 Å². The first-order chi connectivity index (χ1) is 9.66. The van der Waals surface area contributed by atoms with Crippen LogP contribution in [0.2, 0.25) is 0 Å². The normalized spacial score (nSPS) is 12.5. The Kier molecular flexibility index (Phi) is 3.19. The van der Waals surface area contributed by atoms with Crippen molar-refractivity contribution in [3.63, 3.8) is 0 Å². The molecule has 0 radical (unpaired) electrons. The first-order valence-electron chi connectivity index (χ1n) is 6.98. The van der Waals surface area contributed by atoms with Crippen LogP contribution in [-0.2, 0) is 0 Å². The number of fused-ring (bicyclic) bond motifs is 1. The summed E-state index contributed by atoms with van der Waals surface area (Å²) in [5.41, 5.74) is 6.13. The minimum atomic E-state index is 0.316. The van der Waals surface area contributed by atoms with Crippen molar-refractivity contribution in [3.8, 4) is 0 Å². The SMILES string of the molecule is C=C(c1c[nH]c2cc(C)ccc12)C(C)c1ccccc1. The van der Waals surface area contributed by atoms with Crippen LogP contribution in [0.15, 0.2) is 61.3 Å². The fourth-order valence-electron chi connectivity index (χ4n) is 2.68. The second kappa shape index (κ2) is 5.01. The number of aryl methyl sites for hydroxylation is 1. The molecule has 1 heterocycles. The van der Waals surface area contributed by atoms with Crippen LogP contribution >= 0.6 is 0 Å². The summed E-state index contributed by atoms with van der Waals surface area (Å²) in [6.45, 7) is 8.65. The monoisotopic (exact) mass is 261 g/mol. The summed E-state index contributed by atoms with van der Waals surface area (Å²) in [7, 11) is 0. The molecule has 0 aliphatic rings. The van der Waals surface area contributed by atoms with E-state index < -0.39 is 0 Å². The highest BCUT2D eigenvalue weighted by Gasteiger charge is 2.14. The van der Waals surface area contributed by atoms with E-state index in [-0.39, 0.29) is 0 Å². The predicted octanol–water partition coefficient (Wildman–Crippen LogP) is 5.29. The lowest BCUT2D eigenvalue weighted by atomic mass is 9.89. The quantitative estimate of drug-likeness (QED) is 0.659. The van der Waals surface area contributed by atoms with Gasteiger partial charge in [0.25, 0.3) is 0 Å². The second-order valence-electron chi connectivity index (χ2n) is 5.41. The smallest absolute Gasteiger partial charge is 0.0462 e. The standard InChI is InChI=1S/C19H19N/c1-13-9-10-17-18(12-20-19(17)11-13)15(3)14(2)16-7-5-4-6-8-16/h4-12,14,20H,3H2,1-2H3. The zero-order chi connectivity index (χ0) is 14.1. The molecule has 3 aromatic rings. The molecular formula is C19H19N. The topological polar surface area (TPSA) is 15.8 Å². The zero-order valence-electron chi connectivity index (χ0n) is 12.0. The van der Waals surface area contributed by atoms with Crippen molar-refractivity contribution in [1.82, 2.24) is 4.98 Å². The summed E-state index contributed by atoms with van der Waals surface area (Å²) in [6, 6.07) is 17.0. The van der Waals surface area contributed by atoms with E-state index in [1.54, 1.807) is 0 Å². The van der Waals surface area contributed by atoms with E-state index in [1.807, 2.05) is 6.07 Å². The number of hydrogen-bond acceptors (Lipinski definition) is 0. The maximum absolute atomic E-state index is 4.33. The van der Waals surface area contributed by atoms with Gasteiger partial charge in [-0.15, -0.1) is 0 Å². The molecule has 2 aromatic carbocycles. The molecule has 1 unspecified atom stereocenters. The highest BCUT2D eigenvalue weighted by molar-refractivity contribution is 5.93. The molecule has 0 fully saturated rings. The molecule has 100 valence electrons. The van der Waals surface area contributed by atoms with Crippen LogP contribution in [0, 0.1) is 6.92 Å². The van der Waals surface area contributed by atoms with Crippen molar-refractivity contribution in [2.75, 3.05) is 0 Å². The molecule has 1 heteroatoms. The number of hydrogen-bond donors (Lipinski definition) is 1. The van der Waals surface area contributed by atoms with Crippen molar-refractivity contribution in [3.05, 3.63) is 78.0 Å². The van der Waals surface area contributed by atoms with E-state index in [0.717, 1.165) is 5.57 Å². The first kappa shape index (κ1) is 12.7. The van der Waals surface area contributed by atoms with E-state index in [4.69, 9.17) is 0 Å². The van der Waals surface area contributed by atoms with Crippen molar-refractivity contribution in [1.29, 1.82) is 0 Å². The van der Waals surface area contributed by atoms with Gasteiger partial charge in [-0.2, -0.15) is 0 Å². The van der Waals surface area contributed by atoms with Crippen LogP contribution in [0.25, 0.3) is 16.5 Å². The van der Waals surface area contributed by atoms with E-state index >= 15 is 0 Å². The van der Waals surface area contributed by atoms with Crippen molar-refractivity contribution >= 4 is 16.5 Å². The fraction of sp³-hybridized carbons (Fsp3) is 0.158. The third-order valence-electron chi connectivity index (χ3n) is 4.01. The lowest BCUT2D eigenvalue weighted by Crippen LogP contribution is -1.95. The molecule has 1 atom stereocenters. The Labute approximate surface area is 120 Å². The third kappa shape index (κ3) is 2.16. The van der Waals surface area contributed by atoms with Gasteiger partial charge in [-0.3, -0.25) is 0 Å². The molecule has 1 aromatic heterocycles. The van der Waals surface area contributed by atoms with Crippen LogP contribution in [0.1, 0.15) is 29.5 Å². The molecule has 0 amide bonds. The predicted molar refractivity (Wildman–Crippen MR) is 86.9 cm³/mol. The van der Waals surface area contributed by atoms with Gasteiger partial charge in [0.15, 0.2) is 0 Å². The largest absolute Gasteiger partial charge is 0.361 e. The van der Waals surface area contributed by atoms with Gasteiger partial charge in [0.2, 0.25) is 0 Å². The van der Waals surface area contributed by atoms with Gasteiger partial charge < -0.3 is 4.98 Å². The molecule has 1 nitrogen and oxygen atoms in total. The number of rotatable bonds is 3. The molecule has 0 aliphatic carbocycles. The Morgan fingerprint density at radius 3 is 2.60 bits per heavy atom. The summed E-state index contributed by atoms with van der Waals surface area (Å²) in [5.74, 6) is 0.316. The first-order valence-corrected chi connectivity index (χ1v) is 6.98. The van der Waals surface area contributed by atoms with Gasteiger partial charge in [0.05, 0.1) is 0 Å². The number of H-pyrrole nitrogens is 1. The Balaban J connectivity index is 2.01. The lowest BCUT2D eigenvalue weighted by Gasteiger charge is -2.15. The number of allylic oxidation sites excluding steroid dienone is 1. The van der Waals surface area contributed by atoms with Gasteiger partial charge in [0, 0.05) is 28.6 Å². The molecule has 0 aliphatic heterocycles. The Morgan fingerprint density at radius 2 is 1.85 bits per heavy atom. The van der Waals surface area contributed by atoms with Crippen LogP contribution in [0.5, 0.6) is 0 Å². The Morgan fingerprint density at radius 1 is 1.10 bits per heavy atom. The maximum Gasteiger partial charge on any atom is 0.0462 e. The van der Waals surface area contributed by atoms with Gasteiger partial charge in [0.1, 0.15) is 0 Å². The van der Waals surface area contributed by atoms with Crippen LogP contribution in [0.4, 0.5) is 0 Å². The third-order valence-corrected chi connectivity index (χ3v) is 4.01. The number of benzene rings is 2. The number of aromatic nitrogens is 1. The van der Waals surface area contributed by atoms with Gasteiger partial charge in [-0.05, 0) is 29.7 Å². The molecule has 0 saturated heterocycles. The Hall–Kier alpha value is -2.28. The molecule has 0 spiro atoms. The van der Waals surface area contributed by atoms with Crippen LogP contribution < -0.4 is 0 Å². The van der Waals surface area contributed by atoms with Crippen molar-refractivity contribution < 1.29 is 0 Å². The van der Waals surface area contributed by atoms with Crippen LogP contribution in [-0.4, -0.2) is 4.98 Å². The summed E-state index contributed by atoms with van der Waals surface area (Å²) in [4.78, 5) is 3.36. The summed E-state index contributed by atoms with van der Waals surface area (Å²) in [5, 5.41) is 1.25. The minimum absolute atomic E-state index is 0.316. The minimum Gasteiger partial charge on any atom is -0.361 e. The van der Waals surface area contributed by atoms with E-state index in [0.29, 0.717) is 5.92 Å². The average Bonchev–Trinajstić information content (AvgIpc) is 2.89. The molecule has 3 rings (SSSR count). The fourth-order valence-corrected chi connectivity index (χ4v) is 2.68. The lowest BCUT2D eigenvalue weighted by molar-refractivity contribution is 0.994. The van der Waals surface area contributed by atoms with E-state index in [9.17, 15) is 0 Å². The number of aromatic amines is 1. The van der Waals surface area contributed by atoms with Crippen molar-refractivity contribution in [2.24, 2.45) is 0 Å². The average molecular weight is 261 g/mol. The summed E-state index contributed by atoms with van der Waals surface area (Å²) in [6.07, 6.45) is 2.08. The Bertz CT molecular complexity index is 750. The van der Waals surface area contributed by atoms with Gasteiger partial charge >= 0.3 is 0 Å². The van der Waals surface area contributed by atoms with E-state index in [1.165, 1.54) is 27.6 Å². The highest BCUT2D eigenvalue weighted by atomic mass is 14.7. The summed E-state index contributed by atoms with van der Waals surface area (Å²) < 4.78 is 0. The molecule has 20 heavy (non-hydrogen) atoms. The van der Waals surface area contributed by atoms with Gasteiger partial charge in [-0.1, -0.05) is 56.0 Å².